The first kappa shape index (κ1) is 15.5. The van der Waals surface area contributed by atoms with E-state index in [2.05, 4.69) is 38.2 Å². The number of nitrogens with one attached hydrogen (secondary N) is 1. The van der Waals surface area contributed by atoms with Crippen LogP contribution in [0.1, 0.15) is 58.1 Å². The Kier molecular flexibility index (Phi) is 7.38. The van der Waals surface area contributed by atoms with E-state index in [1.54, 1.807) is 0 Å². The lowest BCUT2D eigenvalue weighted by Gasteiger charge is -2.23. The summed E-state index contributed by atoms with van der Waals surface area (Å²) in [6.45, 7) is 7.84. The van der Waals surface area contributed by atoms with E-state index >= 15 is 0 Å². The van der Waals surface area contributed by atoms with Gasteiger partial charge in [-0.1, -0.05) is 57.3 Å². The molecule has 0 aliphatic carbocycles. The highest BCUT2D eigenvalue weighted by molar-refractivity contribution is 6.30. The fourth-order valence-corrected chi connectivity index (χ4v) is 2.53. The van der Waals surface area contributed by atoms with Gasteiger partial charge in [0.05, 0.1) is 0 Å². The van der Waals surface area contributed by atoms with Gasteiger partial charge < -0.3 is 5.32 Å². The van der Waals surface area contributed by atoms with E-state index in [4.69, 9.17) is 11.6 Å². The molecule has 102 valence electrons. The maximum Gasteiger partial charge on any atom is 0.0409 e. The number of rotatable bonds is 8. The molecule has 0 saturated heterocycles. The van der Waals surface area contributed by atoms with Crippen molar-refractivity contribution < 1.29 is 0 Å². The predicted molar refractivity (Wildman–Crippen MR) is 81.2 cm³/mol. The second kappa shape index (κ2) is 8.55. The van der Waals surface area contributed by atoms with Crippen LogP contribution in [0.5, 0.6) is 0 Å². The molecule has 0 aliphatic rings. The van der Waals surface area contributed by atoms with Crippen molar-refractivity contribution in [3.05, 3.63) is 34.9 Å². The molecule has 0 heterocycles. The van der Waals surface area contributed by atoms with Crippen molar-refractivity contribution in [2.45, 2.75) is 52.5 Å². The third-order valence-corrected chi connectivity index (χ3v) is 3.85. The van der Waals surface area contributed by atoms with E-state index in [0.29, 0.717) is 6.04 Å². The fraction of sp³-hybridized carbons (Fsp3) is 0.625. The van der Waals surface area contributed by atoms with Gasteiger partial charge in [0.15, 0.2) is 0 Å². The summed E-state index contributed by atoms with van der Waals surface area (Å²) < 4.78 is 0. The predicted octanol–water partition coefficient (Wildman–Crippen LogP) is 5.21. The number of benzene rings is 1. The van der Waals surface area contributed by atoms with E-state index in [-0.39, 0.29) is 0 Å². The molecule has 0 bridgehead atoms. The smallest absolute Gasteiger partial charge is 0.0409 e. The second-order valence-corrected chi connectivity index (χ2v) is 5.42. The minimum absolute atomic E-state index is 0.438. The van der Waals surface area contributed by atoms with Gasteiger partial charge in [-0.2, -0.15) is 0 Å². The normalized spacial score (nSPS) is 12.9. The minimum Gasteiger partial charge on any atom is -0.310 e. The fourth-order valence-electron chi connectivity index (χ4n) is 2.33. The molecule has 1 aromatic carbocycles. The van der Waals surface area contributed by atoms with Crippen LogP contribution in [-0.2, 0) is 0 Å². The maximum atomic E-state index is 6.10. The Bertz CT molecular complexity index is 334. The zero-order valence-electron chi connectivity index (χ0n) is 11.9. The highest BCUT2D eigenvalue weighted by atomic mass is 35.5. The van der Waals surface area contributed by atoms with Gasteiger partial charge in [-0.05, 0) is 43.0 Å². The topological polar surface area (TPSA) is 12.0 Å². The van der Waals surface area contributed by atoms with Crippen LogP contribution in [-0.4, -0.2) is 6.54 Å². The Hall–Kier alpha value is -0.530. The van der Waals surface area contributed by atoms with Crippen LogP contribution in [0.3, 0.4) is 0 Å². The van der Waals surface area contributed by atoms with Crippen molar-refractivity contribution in [3.63, 3.8) is 0 Å². The van der Waals surface area contributed by atoms with Crippen LogP contribution in [0.25, 0.3) is 0 Å². The second-order valence-electron chi connectivity index (χ2n) is 4.98. The van der Waals surface area contributed by atoms with E-state index in [1.807, 2.05) is 12.1 Å². The highest BCUT2D eigenvalue weighted by Gasteiger charge is 2.15. The Morgan fingerprint density at radius 3 is 2.44 bits per heavy atom. The van der Waals surface area contributed by atoms with E-state index < -0.39 is 0 Å². The molecule has 0 fully saturated rings. The molecule has 18 heavy (non-hydrogen) atoms. The number of hydrogen-bond donors (Lipinski definition) is 1. The van der Waals surface area contributed by atoms with Crippen molar-refractivity contribution in [2.24, 2.45) is 5.92 Å². The quantitative estimate of drug-likeness (QED) is 0.682. The summed E-state index contributed by atoms with van der Waals surface area (Å²) in [6, 6.07) is 8.71. The summed E-state index contributed by atoms with van der Waals surface area (Å²) in [5.41, 5.74) is 1.32. The first-order valence-electron chi connectivity index (χ1n) is 7.20. The van der Waals surface area contributed by atoms with Gasteiger partial charge in [0.2, 0.25) is 0 Å². The third-order valence-electron chi connectivity index (χ3n) is 3.62. The van der Waals surface area contributed by atoms with E-state index in [9.17, 15) is 0 Å². The highest BCUT2D eigenvalue weighted by Crippen LogP contribution is 2.26. The SMILES string of the molecule is CCCNC(CC(CC)CC)c1cccc(Cl)c1. The molecule has 0 amide bonds. The summed E-state index contributed by atoms with van der Waals surface area (Å²) in [5, 5.41) is 4.49. The van der Waals surface area contributed by atoms with Crippen molar-refractivity contribution >= 4 is 11.6 Å². The molecule has 1 nitrogen and oxygen atoms in total. The van der Waals surface area contributed by atoms with Gasteiger partial charge in [0, 0.05) is 11.1 Å². The summed E-state index contributed by atoms with van der Waals surface area (Å²) >= 11 is 6.10. The Labute approximate surface area is 117 Å². The molecule has 1 N–H and O–H groups in total. The Morgan fingerprint density at radius 2 is 1.89 bits per heavy atom. The molecule has 1 atom stereocenters. The molecule has 1 aromatic rings. The molecule has 0 spiro atoms. The zero-order valence-corrected chi connectivity index (χ0v) is 12.6. The van der Waals surface area contributed by atoms with Crippen LogP contribution in [0.2, 0.25) is 5.02 Å². The molecular weight excluding hydrogens is 242 g/mol. The molecule has 0 saturated carbocycles. The minimum atomic E-state index is 0.438. The summed E-state index contributed by atoms with van der Waals surface area (Å²) in [6.07, 6.45) is 4.87. The average molecular weight is 268 g/mol. The molecular formula is C16H26ClN. The molecule has 2 heteroatoms. The molecule has 0 radical (unpaired) electrons. The number of halogens is 1. The molecule has 0 aliphatic heterocycles. The average Bonchev–Trinajstić information content (AvgIpc) is 2.39. The van der Waals surface area contributed by atoms with Crippen molar-refractivity contribution in [3.8, 4) is 0 Å². The van der Waals surface area contributed by atoms with Crippen LogP contribution >= 0.6 is 11.6 Å². The first-order valence-corrected chi connectivity index (χ1v) is 7.57. The number of hydrogen-bond acceptors (Lipinski definition) is 1. The lowest BCUT2D eigenvalue weighted by atomic mass is 9.91. The van der Waals surface area contributed by atoms with E-state index in [0.717, 1.165) is 17.5 Å². The Morgan fingerprint density at radius 1 is 1.17 bits per heavy atom. The van der Waals surface area contributed by atoms with Crippen molar-refractivity contribution in [1.82, 2.24) is 5.32 Å². The maximum absolute atomic E-state index is 6.10. The van der Waals surface area contributed by atoms with Gasteiger partial charge in [-0.3, -0.25) is 0 Å². The lowest BCUT2D eigenvalue weighted by molar-refractivity contribution is 0.371. The van der Waals surface area contributed by atoms with Gasteiger partial charge in [-0.25, -0.2) is 0 Å². The molecule has 0 aromatic heterocycles. The van der Waals surface area contributed by atoms with Crippen LogP contribution in [0, 0.1) is 5.92 Å². The standard InChI is InChI=1S/C16H26ClN/c1-4-10-18-16(11-13(5-2)6-3)14-8-7-9-15(17)12-14/h7-9,12-13,16,18H,4-6,10-11H2,1-3H3. The largest absolute Gasteiger partial charge is 0.310 e. The van der Waals surface area contributed by atoms with Gasteiger partial charge >= 0.3 is 0 Å². The van der Waals surface area contributed by atoms with E-state index in [1.165, 1.54) is 31.2 Å². The van der Waals surface area contributed by atoms with Crippen molar-refractivity contribution in [2.75, 3.05) is 6.54 Å². The summed E-state index contributed by atoms with van der Waals surface area (Å²) in [5.74, 6) is 0.790. The van der Waals surface area contributed by atoms with Gasteiger partial charge in [0.25, 0.3) is 0 Å². The Balaban J connectivity index is 2.76. The molecule has 1 rings (SSSR count). The van der Waals surface area contributed by atoms with Crippen molar-refractivity contribution in [1.29, 1.82) is 0 Å². The van der Waals surface area contributed by atoms with Gasteiger partial charge in [-0.15, -0.1) is 0 Å². The third kappa shape index (κ3) is 4.99. The zero-order chi connectivity index (χ0) is 13.4. The van der Waals surface area contributed by atoms with Crippen LogP contribution in [0.15, 0.2) is 24.3 Å². The van der Waals surface area contributed by atoms with Crippen LogP contribution < -0.4 is 5.32 Å². The first-order chi connectivity index (χ1) is 8.71. The van der Waals surface area contributed by atoms with Crippen LogP contribution in [0.4, 0.5) is 0 Å². The summed E-state index contributed by atoms with van der Waals surface area (Å²) in [4.78, 5) is 0. The lowest BCUT2D eigenvalue weighted by Crippen LogP contribution is -2.24. The monoisotopic (exact) mass is 267 g/mol. The van der Waals surface area contributed by atoms with Gasteiger partial charge in [0.1, 0.15) is 0 Å². The summed E-state index contributed by atoms with van der Waals surface area (Å²) in [7, 11) is 0. The molecule has 1 unspecified atom stereocenters.